The molecule has 4 aromatic heterocycles. The van der Waals surface area contributed by atoms with Crippen LogP contribution in [0.4, 0.5) is 49.6 Å². The van der Waals surface area contributed by atoms with E-state index in [2.05, 4.69) is 30.9 Å². The SMILES string of the molecule is CC.CC(C)(C)c1cc(NC(=O)C2CCCCN2c2ccc(C(F)(F)F)cn2)no1.CC(C)(C)c1cc(NC(=O)C2CCCCN2c2ncc(C(F)(F)F)cc2Cl)no1. The fourth-order valence-corrected chi connectivity index (χ4v) is 6.53. The molecule has 0 saturated carbocycles. The number of hydrogen-bond acceptors (Lipinski definition) is 10. The lowest BCUT2D eigenvalue weighted by Gasteiger charge is -2.35. The number of carbonyl (C=O) groups excluding carboxylic acids is 2. The van der Waals surface area contributed by atoms with E-state index in [0.29, 0.717) is 49.1 Å². The molecule has 0 aliphatic carbocycles. The topological polar surface area (TPSA) is 143 Å². The van der Waals surface area contributed by atoms with E-state index in [9.17, 15) is 35.9 Å². The maximum Gasteiger partial charge on any atom is 0.417 e. The predicted molar refractivity (Wildman–Crippen MR) is 212 cm³/mol. The molecule has 2 saturated heterocycles. The average molecular weight is 857 g/mol. The summed E-state index contributed by atoms with van der Waals surface area (Å²) in [5.74, 6) is 1.77. The molecule has 2 aliphatic rings. The molecular weight excluding hydrogens is 806 g/mol. The molecular formula is C40H51ClF6N8O4. The minimum absolute atomic E-state index is 0.143. The maximum absolute atomic E-state index is 12.9. The molecule has 0 radical (unpaired) electrons. The standard InChI is InChI=1S/C19H22ClF3N4O2.C19H23F3N4O2.C2H6/c1-18(2,3)14-9-15(26-29-14)25-17(28)13-6-4-5-7-27(13)16-12(20)8-11(10-24-16)19(21,22)23;1-18(2,3)14-10-15(25-28-14)24-17(27)13-6-4-5-9-26(13)16-8-7-12(11-23-16)19(20,21)22;1-2/h8-10,13H,4-7H2,1-3H3,(H,25,26,28);7-8,10-11,13H,4-6,9H2,1-3H3,(H,24,25,27);1-2H3. The second kappa shape index (κ2) is 19.0. The molecule has 2 amide bonds. The zero-order chi connectivity index (χ0) is 43.9. The van der Waals surface area contributed by atoms with E-state index in [1.165, 1.54) is 6.07 Å². The van der Waals surface area contributed by atoms with Gasteiger partial charge >= 0.3 is 12.4 Å². The van der Waals surface area contributed by atoms with Crippen molar-refractivity contribution in [3.8, 4) is 0 Å². The monoisotopic (exact) mass is 856 g/mol. The summed E-state index contributed by atoms with van der Waals surface area (Å²) < 4.78 is 87.5. The van der Waals surface area contributed by atoms with Gasteiger partial charge in [-0.25, -0.2) is 9.97 Å². The minimum atomic E-state index is -4.54. The number of alkyl halides is 6. The fraction of sp³-hybridized carbons (Fsp3) is 0.550. The Labute approximate surface area is 344 Å². The van der Waals surface area contributed by atoms with Crippen LogP contribution in [0.5, 0.6) is 0 Å². The lowest BCUT2D eigenvalue weighted by atomic mass is 9.93. The van der Waals surface area contributed by atoms with Crippen LogP contribution >= 0.6 is 11.6 Å². The molecule has 6 rings (SSSR count). The first-order chi connectivity index (χ1) is 27.5. The van der Waals surface area contributed by atoms with Gasteiger partial charge in [-0.15, -0.1) is 0 Å². The van der Waals surface area contributed by atoms with E-state index in [4.69, 9.17) is 20.6 Å². The highest BCUT2D eigenvalue weighted by Crippen LogP contribution is 2.36. The molecule has 0 bridgehead atoms. The number of piperidine rings is 2. The van der Waals surface area contributed by atoms with Crippen molar-refractivity contribution in [2.24, 2.45) is 0 Å². The number of anilines is 4. The van der Waals surface area contributed by atoms with Gasteiger partial charge in [-0.3, -0.25) is 9.59 Å². The number of rotatable bonds is 6. The van der Waals surface area contributed by atoms with Crippen LogP contribution in [-0.4, -0.2) is 57.3 Å². The molecule has 324 valence electrons. The summed E-state index contributed by atoms with van der Waals surface area (Å²) in [6.45, 7) is 16.8. The fourth-order valence-electron chi connectivity index (χ4n) is 6.25. The van der Waals surface area contributed by atoms with E-state index in [0.717, 1.165) is 50.2 Å². The van der Waals surface area contributed by atoms with Gasteiger partial charge in [0.1, 0.15) is 35.2 Å². The third-order valence-electron chi connectivity index (χ3n) is 9.40. The van der Waals surface area contributed by atoms with Crippen molar-refractivity contribution in [3.63, 3.8) is 0 Å². The molecule has 2 unspecified atom stereocenters. The Hall–Kier alpha value is -4.87. The highest BCUT2D eigenvalue weighted by molar-refractivity contribution is 6.33. The predicted octanol–water partition coefficient (Wildman–Crippen LogP) is 10.4. The second-order valence-corrected chi connectivity index (χ2v) is 16.4. The van der Waals surface area contributed by atoms with Crippen molar-refractivity contribution in [1.29, 1.82) is 0 Å². The van der Waals surface area contributed by atoms with E-state index < -0.39 is 35.6 Å². The van der Waals surface area contributed by atoms with Gasteiger partial charge in [0, 0.05) is 48.4 Å². The molecule has 59 heavy (non-hydrogen) atoms. The molecule has 2 fully saturated rings. The first-order valence-corrected chi connectivity index (χ1v) is 19.8. The molecule has 19 heteroatoms. The largest absolute Gasteiger partial charge is 0.417 e. The van der Waals surface area contributed by atoms with Crippen LogP contribution in [-0.2, 0) is 32.8 Å². The number of nitrogens with one attached hydrogen (secondary N) is 2. The van der Waals surface area contributed by atoms with E-state index >= 15 is 0 Å². The number of aromatic nitrogens is 4. The summed E-state index contributed by atoms with van der Waals surface area (Å²) in [7, 11) is 0. The lowest BCUT2D eigenvalue weighted by Crippen LogP contribution is -2.47. The molecule has 4 aromatic rings. The van der Waals surface area contributed by atoms with Crippen LogP contribution in [0.2, 0.25) is 5.02 Å². The molecule has 2 atom stereocenters. The number of amides is 2. The van der Waals surface area contributed by atoms with Crippen LogP contribution in [0, 0.1) is 0 Å². The van der Waals surface area contributed by atoms with E-state index in [-0.39, 0.29) is 39.3 Å². The Morgan fingerprint density at radius 1 is 0.678 bits per heavy atom. The summed E-state index contributed by atoms with van der Waals surface area (Å²) in [4.78, 5) is 36.9. The van der Waals surface area contributed by atoms with Crippen LogP contribution in [0.15, 0.2) is 51.8 Å². The van der Waals surface area contributed by atoms with Gasteiger partial charge in [0.25, 0.3) is 0 Å². The van der Waals surface area contributed by atoms with Crippen LogP contribution < -0.4 is 20.4 Å². The van der Waals surface area contributed by atoms with Gasteiger partial charge in [-0.1, -0.05) is 77.3 Å². The first-order valence-electron chi connectivity index (χ1n) is 19.4. The van der Waals surface area contributed by atoms with Crippen molar-refractivity contribution < 1.29 is 45.0 Å². The van der Waals surface area contributed by atoms with Gasteiger partial charge in [0.15, 0.2) is 11.6 Å². The van der Waals surface area contributed by atoms with Crippen molar-refractivity contribution in [3.05, 3.63) is 70.4 Å². The third kappa shape index (κ3) is 12.3. The number of nitrogens with zero attached hydrogens (tertiary/aromatic N) is 6. The van der Waals surface area contributed by atoms with Crippen LogP contribution in [0.1, 0.15) is 117 Å². The zero-order valence-corrected chi connectivity index (χ0v) is 35.1. The van der Waals surface area contributed by atoms with Gasteiger partial charge in [-0.2, -0.15) is 26.3 Å². The Kier molecular flexibility index (Phi) is 15.1. The number of carbonyl (C=O) groups is 2. The summed E-state index contributed by atoms with van der Waals surface area (Å²) in [5.41, 5.74) is -2.24. The van der Waals surface area contributed by atoms with E-state index in [1.54, 1.807) is 21.9 Å². The van der Waals surface area contributed by atoms with Crippen molar-refractivity contribution >= 4 is 46.7 Å². The summed E-state index contributed by atoms with van der Waals surface area (Å²) in [6.07, 6.45) is -3.07. The number of halogens is 7. The van der Waals surface area contributed by atoms with Crippen molar-refractivity contribution in [2.75, 3.05) is 33.5 Å². The highest BCUT2D eigenvalue weighted by Gasteiger charge is 2.36. The van der Waals surface area contributed by atoms with Gasteiger partial charge in [-0.05, 0) is 56.7 Å². The maximum atomic E-state index is 12.9. The Morgan fingerprint density at radius 3 is 1.54 bits per heavy atom. The first kappa shape index (κ1) is 46.8. The second-order valence-electron chi connectivity index (χ2n) is 16.0. The molecule has 2 aliphatic heterocycles. The van der Waals surface area contributed by atoms with Crippen LogP contribution in [0.3, 0.4) is 0 Å². The van der Waals surface area contributed by atoms with Crippen molar-refractivity contribution in [2.45, 2.75) is 129 Å². The Balaban J connectivity index is 0.000000250. The Morgan fingerprint density at radius 2 is 1.14 bits per heavy atom. The van der Waals surface area contributed by atoms with Gasteiger partial charge < -0.3 is 29.5 Å². The molecule has 0 aromatic carbocycles. The summed E-state index contributed by atoms with van der Waals surface area (Å²) >= 11 is 6.09. The van der Waals surface area contributed by atoms with Crippen molar-refractivity contribution in [1.82, 2.24) is 20.3 Å². The van der Waals surface area contributed by atoms with E-state index in [1.807, 2.05) is 55.4 Å². The average Bonchev–Trinajstić information content (AvgIpc) is 3.86. The summed E-state index contributed by atoms with van der Waals surface area (Å²) in [5, 5.41) is 13.1. The minimum Gasteiger partial charge on any atom is -0.359 e. The Bertz CT molecular complexity index is 2000. The third-order valence-corrected chi connectivity index (χ3v) is 9.68. The van der Waals surface area contributed by atoms with Gasteiger partial charge in [0.05, 0.1) is 16.1 Å². The lowest BCUT2D eigenvalue weighted by molar-refractivity contribution is -0.138. The van der Waals surface area contributed by atoms with Crippen LogP contribution in [0.25, 0.3) is 0 Å². The number of hydrogen-bond donors (Lipinski definition) is 2. The molecule has 6 heterocycles. The summed E-state index contributed by atoms with van der Waals surface area (Å²) in [6, 6.07) is 5.31. The molecule has 0 spiro atoms. The molecule has 2 N–H and O–H groups in total. The smallest absolute Gasteiger partial charge is 0.359 e. The zero-order valence-electron chi connectivity index (χ0n) is 34.3. The normalized spacial score (nSPS) is 17.6. The highest BCUT2D eigenvalue weighted by atomic mass is 35.5. The van der Waals surface area contributed by atoms with Gasteiger partial charge in [0.2, 0.25) is 11.8 Å². The quantitative estimate of drug-likeness (QED) is 0.180. The number of pyridine rings is 2. The molecule has 12 nitrogen and oxygen atoms in total.